The van der Waals surface area contributed by atoms with Gasteiger partial charge in [-0.2, -0.15) is 0 Å². The van der Waals surface area contributed by atoms with Gasteiger partial charge >= 0.3 is 0 Å². The van der Waals surface area contributed by atoms with Crippen LogP contribution in [0, 0.1) is 0 Å². The van der Waals surface area contributed by atoms with E-state index in [0.717, 1.165) is 0 Å². The number of hydrogen-bond donors (Lipinski definition) is 1. The van der Waals surface area contributed by atoms with Crippen LogP contribution in [0.25, 0.3) is 0 Å². The van der Waals surface area contributed by atoms with Crippen molar-refractivity contribution in [3.05, 3.63) is 18.5 Å². The van der Waals surface area contributed by atoms with Gasteiger partial charge in [-0.3, -0.25) is 3.59 Å². The summed E-state index contributed by atoms with van der Waals surface area (Å²) in [5, 5.41) is 8.60. The van der Waals surface area contributed by atoms with Gasteiger partial charge in [0.2, 0.25) is 0 Å². The van der Waals surface area contributed by atoms with E-state index in [0.29, 0.717) is 0 Å². The van der Waals surface area contributed by atoms with Crippen molar-refractivity contribution in [1.82, 2.24) is 3.59 Å². The fraction of sp³-hybridized carbons (Fsp3) is 0. The lowest BCUT2D eigenvalue weighted by Crippen LogP contribution is -1.62. The first-order valence-corrected chi connectivity index (χ1v) is 2.53. The molecule has 0 aliphatic rings. The van der Waals surface area contributed by atoms with E-state index >= 15 is 0 Å². The SMILES string of the molecule is Oc1ccn(Br)c1. The number of aromatic nitrogens is 1. The highest BCUT2D eigenvalue weighted by Gasteiger charge is 1.84. The van der Waals surface area contributed by atoms with E-state index in [1.807, 2.05) is 0 Å². The summed E-state index contributed by atoms with van der Waals surface area (Å²) in [7, 11) is 0. The third-order valence-corrected chi connectivity index (χ3v) is 1.08. The largest absolute Gasteiger partial charge is 0.506 e. The van der Waals surface area contributed by atoms with Crippen LogP contribution in [0.15, 0.2) is 18.5 Å². The minimum Gasteiger partial charge on any atom is -0.506 e. The molecule has 0 aliphatic heterocycles. The molecule has 0 saturated carbocycles. The smallest absolute Gasteiger partial charge is 0.134 e. The van der Waals surface area contributed by atoms with Crippen molar-refractivity contribution in [2.24, 2.45) is 0 Å². The zero-order valence-electron chi connectivity index (χ0n) is 3.50. The number of aromatic hydroxyl groups is 1. The average molecular weight is 162 g/mol. The van der Waals surface area contributed by atoms with Gasteiger partial charge in [-0.1, -0.05) is 0 Å². The van der Waals surface area contributed by atoms with Crippen molar-refractivity contribution >= 4 is 16.1 Å². The molecule has 1 heterocycles. The van der Waals surface area contributed by atoms with E-state index in [1.54, 1.807) is 22.1 Å². The van der Waals surface area contributed by atoms with Crippen LogP contribution in [0.5, 0.6) is 5.75 Å². The van der Waals surface area contributed by atoms with Crippen LogP contribution in [0.2, 0.25) is 0 Å². The molecular formula is C4H4BrNO. The molecule has 0 fully saturated rings. The van der Waals surface area contributed by atoms with E-state index < -0.39 is 0 Å². The maximum absolute atomic E-state index is 8.60. The Morgan fingerprint density at radius 1 is 1.71 bits per heavy atom. The van der Waals surface area contributed by atoms with Crippen LogP contribution in [0.1, 0.15) is 0 Å². The van der Waals surface area contributed by atoms with Crippen LogP contribution in [-0.2, 0) is 0 Å². The number of nitrogens with zero attached hydrogens (tertiary/aromatic N) is 1. The Hall–Kier alpha value is -0.440. The Morgan fingerprint density at radius 3 is 2.57 bits per heavy atom. The lowest BCUT2D eigenvalue weighted by molar-refractivity contribution is 0.476. The van der Waals surface area contributed by atoms with Gasteiger partial charge in [0, 0.05) is 6.20 Å². The topological polar surface area (TPSA) is 25.2 Å². The average Bonchev–Trinajstić information content (AvgIpc) is 1.87. The fourth-order valence-corrected chi connectivity index (χ4v) is 0.688. The molecule has 1 aromatic rings. The molecule has 0 aromatic carbocycles. The summed E-state index contributed by atoms with van der Waals surface area (Å²) >= 11 is 3.09. The third kappa shape index (κ3) is 0.962. The zero-order valence-corrected chi connectivity index (χ0v) is 5.09. The molecule has 38 valence electrons. The predicted octanol–water partition coefficient (Wildman–Crippen LogP) is 1.35. The molecule has 2 nitrogen and oxygen atoms in total. The third-order valence-electron chi connectivity index (χ3n) is 0.643. The molecule has 1 N–H and O–H groups in total. The molecule has 0 amide bonds. The monoisotopic (exact) mass is 161 g/mol. The molecule has 0 atom stereocenters. The van der Waals surface area contributed by atoms with Crippen LogP contribution in [-0.4, -0.2) is 8.70 Å². The van der Waals surface area contributed by atoms with Crippen LogP contribution >= 0.6 is 16.1 Å². The highest BCUT2D eigenvalue weighted by atomic mass is 79.9. The van der Waals surface area contributed by atoms with Crippen molar-refractivity contribution in [2.75, 3.05) is 0 Å². The summed E-state index contributed by atoms with van der Waals surface area (Å²) in [5.74, 6) is 0.275. The second-order valence-electron chi connectivity index (χ2n) is 1.21. The summed E-state index contributed by atoms with van der Waals surface area (Å²) in [6, 6.07) is 1.59. The van der Waals surface area contributed by atoms with Crippen molar-refractivity contribution in [2.45, 2.75) is 0 Å². The Morgan fingerprint density at radius 2 is 2.43 bits per heavy atom. The molecule has 1 aromatic heterocycles. The summed E-state index contributed by atoms with van der Waals surface area (Å²) in [6.07, 6.45) is 3.26. The van der Waals surface area contributed by atoms with Crippen molar-refractivity contribution < 1.29 is 5.11 Å². The van der Waals surface area contributed by atoms with E-state index in [4.69, 9.17) is 5.11 Å². The van der Waals surface area contributed by atoms with Crippen LogP contribution in [0.3, 0.4) is 0 Å². The number of hydrogen-bond acceptors (Lipinski definition) is 1. The lowest BCUT2D eigenvalue weighted by Gasteiger charge is -1.76. The second kappa shape index (κ2) is 1.58. The lowest BCUT2D eigenvalue weighted by atomic mass is 10.6. The number of rotatable bonds is 0. The summed E-state index contributed by atoms with van der Waals surface area (Å²) in [6.45, 7) is 0. The quantitative estimate of drug-likeness (QED) is 0.611. The van der Waals surface area contributed by atoms with Gasteiger partial charge in [0.25, 0.3) is 0 Å². The first-order valence-electron chi connectivity index (χ1n) is 1.82. The molecular weight excluding hydrogens is 158 g/mol. The Bertz CT molecular complexity index is 144. The van der Waals surface area contributed by atoms with E-state index in [9.17, 15) is 0 Å². The highest BCUT2D eigenvalue weighted by Crippen LogP contribution is 2.08. The predicted molar refractivity (Wildman–Crippen MR) is 30.4 cm³/mol. The van der Waals surface area contributed by atoms with E-state index in [-0.39, 0.29) is 5.75 Å². The second-order valence-corrected chi connectivity index (χ2v) is 2.03. The maximum atomic E-state index is 8.60. The van der Waals surface area contributed by atoms with Crippen molar-refractivity contribution in [3.63, 3.8) is 0 Å². The molecule has 0 aliphatic carbocycles. The van der Waals surface area contributed by atoms with E-state index in [1.165, 1.54) is 0 Å². The number of halogens is 1. The Balaban J connectivity index is 3.04. The van der Waals surface area contributed by atoms with Gasteiger partial charge < -0.3 is 5.11 Å². The molecule has 0 radical (unpaired) electrons. The van der Waals surface area contributed by atoms with Crippen molar-refractivity contribution in [1.29, 1.82) is 0 Å². The van der Waals surface area contributed by atoms with Gasteiger partial charge in [-0.15, -0.1) is 0 Å². The molecule has 0 bridgehead atoms. The molecule has 0 saturated heterocycles. The van der Waals surface area contributed by atoms with Gasteiger partial charge in [-0.05, 0) is 6.07 Å². The van der Waals surface area contributed by atoms with E-state index in [2.05, 4.69) is 16.1 Å². The normalized spacial score (nSPS) is 9.29. The fourth-order valence-electron chi connectivity index (χ4n) is 0.360. The van der Waals surface area contributed by atoms with Gasteiger partial charge in [0.05, 0.1) is 22.3 Å². The first kappa shape index (κ1) is 4.71. The molecule has 7 heavy (non-hydrogen) atoms. The summed E-state index contributed by atoms with van der Waals surface area (Å²) < 4.78 is 1.60. The minimum absolute atomic E-state index is 0.275. The van der Waals surface area contributed by atoms with Crippen LogP contribution < -0.4 is 0 Å². The standard InChI is InChI=1S/C4H4BrNO/c5-6-2-1-4(7)3-6/h1-3,7H. The Kier molecular flexibility index (Phi) is 1.06. The molecule has 0 spiro atoms. The Labute approximate surface area is 49.7 Å². The highest BCUT2D eigenvalue weighted by molar-refractivity contribution is 9.08. The summed E-state index contributed by atoms with van der Waals surface area (Å²) in [5.41, 5.74) is 0. The molecule has 1 rings (SSSR count). The molecule has 0 unspecified atom stereocenters. The zero-order chi connectivity index (χ0) is 5.28. The van der Waals surface area contributed by atoms with Crippen LogP contribution in [0.4, 0.5) is 0 Å². The maximum Gasteiger partial charge on any atom is 0.134 e. The van der Waals surface area contributed by atoms with Gasteiger partial charge in [0.15, 0.2) is 0 Å². The van der Waals surface area contributed by atoms with Gasteiger partial charge in [-0.25, -0.2) is 0 Å². The first-order chi connectivity index (χ1) is 3.29. The molecule has 3 heteroatoms. The van der Waals surface area contributed by atoms with Crippen molar-refractivity contribution in [3.8, 4) is 5.75 Å². The van der Waals surface area contributed by atoms with Gasteiger partial charge in [0.1, 0.15) is 5.75 Å². The minimum atomic E-state index is 0.275. The summed E-state index contributed by atoms with van der Waals surface area (Å²) in [4.78, 5) is 0.